The Balaban J connectivity index is 2.41. The second-order valence-corrected chi connectivity index (χ2v) is 4.60. The standard InChI is InChI=1S/C10H19NO3/c1-10(11,9(13)14)6-7-2-4-8(12)5-3-7/h7-8,12H,2-6,11H2,1H3,(H,13,14). The molecule has 0 aromatic heterocycles. The number of carboxylic acids is 1. The molecule has 4 N–H and O–H groups in total. The summed E-state index contributed by atoms with van der Waals surface area (Å²) in [6, 6.07) is 0. The summed E-state index contributed by atoms with van der Waals surface area (Å²) in [5.41, 5.74) is 4.54. The van der Waals surface area contributed by atoms with Gasteiger partial charge in [-0.25, -0.2) is 0 Å². The van der Waals surface area contributed by atoms with Gasteiger partial charge in [0.1, 0.15) is 5.54 Å². The number of nitrogens with two attached hydrogens (primary N) is 1. The van der Waals surface area contributed by atoms with E-state index in [4.69, 9.17) is 10.8 Å². The molecule has 1 rings (SSSR count). The maximum atomic E-state index is 10.8. The second kappa shape index (κ2) is 4.28. The zero-order valence-electron chi connectivity index (χ0n) is 8.57. The van der Waals surface area contributed by atoms with Crippen LogP contribution in [0.25, 0.3) is 0 Å². The molecule has 82 valence electrons. The lowest BCUT2D eigenvalue weighted by molar-refractivity contribution is -0.143. The highest BCUT2D eigenvalue weighted by molar-refractivity contribution is 5.77. The van der Waals surface area contributed by atoms with E-state index in [0.29, 0.717) is 12.3 Å². The summed E-state index contributed by atoms with van der Waals surface area (Å²) in [6.45, 7) is 1.56. The molecule has 0 heterocycles. The fourth-order valence-electron chi connectivity index (χ4n) is 2.04. The molecule has 0 spiro atoms. The van der Waals surface area contributed by atoms with Gasteiger partial charge in [0, 0.05) is 0 Å². The number of rotatable bonds is 3. The summed E-state index contributed by atoms with van der Waals surface area (Å²) >= 11 is 0. The molecule has 1 fully saturated rings. The van der Waals surface area contributed by atoms with Crippen LogP contribution in [0.4, 0.5) is 0 Å². The van der Waals surface area contributed by atoms with Crippen LogP contribution >= 0.6 is 0 Å². The van der Waals surface area contributed by atoms with Gasteiger partial charge >= 0.3 is 5.97 Å². The molecule has 1 atom stereocenters. The van der Waals surface area contributed by atoms with E-state index >= 15 is 0 Å². The van der Waals surface area contributed by atoms with Crippen LogP contribution in [-0.4, -0.2) is 27.8 Å². The fraction of sp³-hybridized carbons (Fsp3) is 0.900. The zero-order valence-corrected chi connectivity index (χ0v) is 8.57. The molecular weight excluding hydrogens is 182 g/mol. The molecule has 4 nitrogen and oxygen atoms in total. The van der Waals surface area contributed by atoms with Crippen molar-refractivity contribution in [2.45, 2.75) is 50.7 Å². The third kappa shape index (κ3) is 2.96. The van der Waals surface area contributed by atoms with Crippen LogP contribution in [0.3, 0.4) is 0 Å². The van der Waals surface area contributed by atoms with Crippen molar-refractivity contribution in [3.8, 4) is 0 Å². The molecule has 14 heavy (non-hydrogen) atoms. The Morgan fingerprint density at radius 3 is 2.36 bits per heavy atom. The molecular formula is C10H19NO3. The van der Waals surface area contributed by atoms with E-state index in [1.165, 1.54) is 0 Å². The minimum absolute atomic E-state index is 0.194. The number of aliphatic carboxylic acids is 1. The minimum atomic E-state index is -1.12. The average molecular weight is 201 g/mol. The van der Waals surface area contributed by atoms with E-state index in [2.05, 4.69) is 0 Å². The van der Waals surface area contributed by atoms with Gasteiger partial charge in [-0.3, -0.25) is 4.79 Å². The van der Waals surface area contributed by atoms with E-state index in [1.54, 1.807) is 6.92 Å². The molecule has 0 aromatic rings. The SMILES string of the molecule is CC(N)(CC1CCC(O)CC1)C(=O)O. The monoisotopic (exact) mass is 201 g/mol. The lowest BCUT2D eigenvalue weighted by Gasteiger charge is -2.30. The molecule has 0 aliphatic heterocycles. The summed E-state index contributed by atoms with van der Waals surface area (Å²) in [4.78, 5) is 10.8. The van der Waals surface area contributed by atoms with E-state index in [1.807, 2.05) is 0 Å². The molecule has 0 bridgehead atoms. The van der Waals surface area contributed by atoms with Crippen LogP contribution in [0.2, 0.25) is 0 Å². The van der Waals surface area contributed by atoms with Crippen LogP contribution in [0.1, 0.15) is 39.0 Å². The van der Waals surface area contributed by atoms with Gasteiger partial charge in [-0.15, -0.1) is 0 Å². The lowest BCUT2D eigenvalue weighted by atomic mass is 9.79. The lowest BCUT2D eigenvalue weighted by Crippen LogP contribution is -2.46. The Hall–Kier alpha value is -0.610. The van der Waals surface area contributed by atoms with Gasteiger partial charge in [0.05, 0.1) is 6.10 Å². The molecule has 0 amide bonds. The Kier molecular flexibility index (Phi) is 3.50. The van der Waals surface area contributed by atoms with Crippen LogP contribution in [-0.2, 0) is 4.79 Å². The molecule has 0 saturated heterocycles. The van der Waals surface area contributed by atoms with Gasteiger partial charge in [0.25, 0.3) is 0 Å². The first-order chi connectivity index (χ1) is 6.42. The topological polar surface area (TPSA) is 83.5 Å². The van der Waals surface area contributed by atoms with Crippen molar-refractivity contribution in [3.05, 3.63) is 0 Å². The van der Waals surface area contributed by atoms with E-state index in [9.17, 15) is 9.90 Å². The van der Waals surface area contributed by atoms with Crippen molar-refractivity contribution in [2.75, 3.05) is 0 Å². The van der Waals surface area contributed by atoms with Crippen molar-refractivity contribution in [1.82, 2.24) is 0 Å². The maximum Gasteiger partial charge on any atom is 0.323 e. The third-order valence-electron chi connectivity index (χ3n) is 3.02. The Morgan fingerprint density at radius 2 is 1.93 bits per heavy atom. The number of hydrogen-bond acceptors (Lipinski definition) is 3. The second-order valence-electron chi connectivity index (χ2n) is 4.60. The molecule has 1 unspecified atom stereocenters. The van der Waals surface area contributed by atoms with Crippen molar-refractivity contribution in [2.24, 2.45) is 11.7 Å². The number of carbonyl (C=O) groups is 1. The van der Waals surface area contributed by atoms with Gasteiger partial charge in [-0.1, -0.05) is 0 Å². The predicted molar refractivity (Wildman–Crippen MR) is 52.8 cm³/mol. The molecule has 1 aliphatic rings. The van der Waals surface area contributed by atoms with Crippen molar-refractivity contribution < 1.29 is 15.0 Å². The number of hydrogen-bond donors (Lipinski definition) is 3. The molecule has 0 radical (unpaired) electrons. The Labute approximate surface area is 84.1 Å². The fourth-order valence-corrected chi connectivity index (χ4v) is 2.04. The van der Waals surface area contributed by atoms with E-state index in [0.717, 1.165) is 25.7 Å². The van der Waals surface area contributed by atoms with Gasteiger partial charge in [-0.2, -0.15) is 0 Å². The van der Waals surface area contributed by atoms with Crippen LogP contribution in [0.15, 0.2) is 0 Å². The Bertz CT molecular complexity index is 207. The smallest absolute Gasteiger partial charge is 0.323 e. The largest absolute Gasteiger partial charge is 0.480 e. The molecule has 4 heteroatoms. The quantitative estimate of drug-likeness (QED) is 0.628. The van der Waals surface area contributed by atoms with E-state index < -0.39 is 11.5 Å². The normalized spacial score (nSPS) is 32.2. The van der Waals surface area contributed by atoms with Crippen molar-refractivity contribution >= 4 is 5.97 Å². The first-order valence-corrected chi connectivity index (χ1v) is 5.12. The highest BCUT2D eigenvalue weighted by atomic mass is 16.4. The number of carboxylic acid groups (broad SMARTS) is 1. The summed E-state index contributed by atoms with van der Waals surface area (Å²) in [6.07, 6.45) is 3.65. The molecule has 1 aliphatic carbocycles. The van der Waals surface area contributed by atoms with Crippen molar-refractivity contribution in [3.63, 3.8) is 0 Å². The summed E-state index contributed by atoms with van der Waals surface area (Å²) < 4.78 is 0. The molecule has 0 aromatic carbocycles. The Morgan fingerprint density at radius 1 is 1.43 bits per heavy atom. The van der Waals surface area contributed by atoms with Gasteiger partial charge in [0.15, 0.2) is 0 Å². The molecule has 1 saturated carbocycles. The first kappa shape index (κ1) is 11.5. The zero-order chi connectivity index (χ0) is 10.8. The highest BCUT2D eigenvalue weighted by Gasteiger charge is 2.32. The van der Waals surface area contributed by atoms with Gasteiger partial charge in [0.2, 0.25) is 0 Å². The highest BCUT2D eigenvalue weighted by Crippen LogP contribution is 2.30. The summed E-state index contributed by atoms with van der Waals surface area (Å²) in [7, 11) is 0. The minimum Gasteiger partial charge on any atom is -0.480 e. The van der Waals surface area contributed by atoms with Gasteiger partial charge in [-0.05, 0) is 44.9 Å². The number of aliphatic hydroxyl groups excluding tert-OH is 1. The summed E-state index contributed by atoms with van der Waals surface area (Å²) in [5.74, 6) is -0.590. The predicted octanol–water partition coefficient (Wildman–Crippen LogP) is 0.730. The van der Waals surface area contributed by atoms with E-state index in [-0.39, 0.29) is 6.10 Å². The van der Waals surface area contributed by atoms with Gasteiger partial charge < -0.3 is 15.9 Å². The summed E-state index contributed by atoms with van der Waals surface area (Å²) in [5, 5.41) is 18.1. The van der Waals surface area contributed by atoms with Crippen LogP contribution in [0, 0.1) is 5.92 Å². The maximum absolute atomic E-state index is 10.8. The van der Waals surface area contributed by atoms with Crippen LogP contribution < -0.4 is 5.73 Å². The average Bonchev–Trinajstić information content (AvgIpc) is 2.08. The number of aliphatic hydroxyl groups is 1. The third-order valence-corrected chi connectivity index (χ3v) is 3.02. The van der Waals surface area contributed by atoms with Crippen molar-refractivity contribution in [1.29, 1.82) is 0 Å². The van der Waals surface area contributed by atoms with Crippen LogP contribution in [0.5, 0.6) is 0 Å². The first-order valence-electron chi connectivity index (χ1n) is 5.12.